The Hall–Kier alpha value is -3.32. The summed E-state index contributed by atoms with van der Waals surface area (Å²) >= 11 is 0. The van der Waals surface area contributed by atoms with Gasteiger partial charge in [-0.3, -0.25) is 4.98 Å². The van der Waals surface area contributed by atoms with E-state index in [4.69, 9.17) is 9.97 Å². The molecule has 0 saturated carbocycles. The molecule has 1 fully saturated rings. The average molecular weight is 414 g/mol. The first-order valence-corrected chi connectivity index (χ1v) is 10.8. The number of pyridine rings is 1. The topological polar surface area (TPSA) is 78.5 Å². The van der Waals surface area contributed by atoms with Crippen molar-refractivity contribution >= 4 is 16.7 Å². The number of aromatic amines is 1. The fraction of sp³-hybridized carbons (Fsp3) is 0.292. The first-order valence-electron chi connectivity index (χ1n) is 10.8. The van der Waals surface area contributed by atoms with E-state index >= 15 is 0 Å². The summed E-state index contributed by atoms with van der Waals surface area (Å²) in [6.07, 6.45) is 8.92. The molecule has 7 heteroatoms. The maximum absolute atomic E-state index is 13.8. The third kappa shape index (κ3) is 3.35. The molecule has 0 radical (unpaired) electrons. The summed E-state index contributed by atoms with van der Waals surface area (Å²) in [6.45, 7) is 0.759. The molecule has 0 aliphatic carbocycles. The molecule has 2 aliphatic rings. The van der Waals surface area contributed by atoms with Gasteiger partial charge in [-0.1, -0.05) is 18.2 Å². The molecule has 5 heterocycles. The monoisotopic (exact) mass is 414 g/mol. The Labute approximate surface area is 179 Å². The van der Waals surface area contributed by atoms with Crippen LogP contribution in [-0.4, -0.2) is 32.5 Å². The molecule has 2 bridgehead atoms. The quantitative estimate of drug-likeness (QED) is 0.457. The Bertz CT molecular complexity index is 1270. The summed E-state index contributed by atoms with van der Waals surface area (Å²) in [5.74, 6) is 1.00. The minimum atomic E-state index is -0.383. The number of anilines is 1. The second kappa shape index (κ2) is 7.42. The standard InChI is InChI=1S/C24H23FN6/c25-16-9-15(11-26-13-16)23-30-22-19(10-17-5-6-21(22)29-17)24(31-23)27-8-7-14-12-28-20-4-2-1-3-18(14)20/h1-4,9,11-13,17,21,28-29H,5-8,10H2,(H,27,30,31). The largest absolute Gasteiger partial charge is 0.369 e. The molecule has 3 aromatic heterocycles. The van der Waals surface area contributed by atoms with Crippen LogP contribution < -0.4 is 10.6 Å². The minimum absolute atomic E-state index is 0.242. The zero-order valence-electron chi connectivity index (χ0n) is 17.0. The lowest BCUT2D eigenvalue weighted by Gasteiger charge is -2.26. The lowest BCUT2D eigenvalue weighted by molar-refractivity contribution is 0.503. The van der Waals surface area contributed by atoms with Gasteiger partial charge < -0.3 is 15.6 Å². The predicted molar refractivity (Wildman–Crippen MR) is 118 cm³/mol. The highest BCUT2D eigenvalue weighted by Crippen LogP contribution is 2.38. The van der Waals surface area contributed by atoms with Gasteiger partial charge in [0.2, 0.25) is 0 Å². The molecule has 2 atom stereocenters. The molecule has 31 heavy (non-hydrogen) atoms. The van der Waals surface area contributed by atoms with E-state index in [1.807, 2.05) is 6.07 Å². The SMILES string of the molecule is Fc1cncc(-c2nc(NCCc3c[nH]c4ccccc34)c3c(n2)C2CCC(C3)N2)c1. The third-order valence-electron chi connectivity index (χ3n) is 6.39. The molecule has 1 aromatic carbocycles. The number of hydrogen-bond donors (Lipinski definition) is 3. The zero-order valence-corrected chi connectivity index (χ0v) is 17.0. The fourth-order valence-corrected chi connectivity index (χ4v) is 4.90. The van der Waals surface area contributed by atoms with Crippen molar-refractivity contribution in [2.75, 3.05) is 11.9 Å². The van der Waals surface area contributed by atoms with Crippen molar-refractivity contribution in [2.45, 2.75) is 37.8 Å². The van der Waals surface area contributed by atoms with Crippen molar-refractivity contribution < 1.29 is 4.39 Å². The molecule has 4 aromatic rings. The highest BCUT2D eigenvalue weighted by atomic mass is 19.1. The maximum atomic E-state index is 13.8. The molecule has 0 amide bonds. The molecule has 3 N–H and O–H groups in total. The van der Waals surface area contributed by atoms with Gasteiger partial charge in [-0.05, 0) is 43.4 Å². The summed E-state index contributed by atoms with van der Waals surface area (Å²) in [6, 6.07) is 10.5. The number of hydrogen-bond acceptors (Lipinski definition) is 5. The number of benzene rings is 1. The number of nitrogens with zero attached hydrogens (tertiary/aromatic N) is 3. The minimum Gasteiger partial charge on any atom is -0.369 e. The van der Waals surface area contributed by atoms with E-state index in [0.717, 1.165) is 49.3 Å². The fourth-order valence-electron chi connectivity index (χ4n) is 4.90. The highest BCUT2D eigenvalue weighted by molar-refractivity contribution is 5.83. The number of para-hydroxylation sites is 1. The number of H-pyrrole nitrogens is 1. The normalized spacial score (nSPS) is 19.5. The van der Waals surface area contributed by atoms with Gasteiger partial charge >= 0.3 is 0 Å². The Kier molecular flexibility index (Phi) is 4.42. The molecular formula is C24H23FN6. The smallest absolute Gasteiger partial charge is 0.163 e. The molecule has 6 rings (SSSR count). The second-order valence-electron chi connectivity index (χ2n) is 8.39. The van der Waals surface area contributed by atoms with E-state index < -0.39 is 0 Å². The van der Waals surface area contributed by atoms with Gasteiger partial charge in [0.1, 0.15) is 11.6 Å². The molecule has 156 valence electrons. The Morgan fingerprint density at radius 2 is 2.06 bits per heavy atom. The first kappa shape index (κ1) is 18.4. The summed E-state index contributed by atoms with van der Waals surface area (Å²) < 4.78 is 13.8. The van der Waals surface area contributed by atoms with E-state index in [9.17, 15) is 4.39 Å². The third-order valence-corrected chi connectivity index (χ3v) is 6.39. The van der Waals surface area contributed by atoms with Crippen LogP contribution in [-0.2, 0) is 12.8 Å². The summed E-state index contributed by atoms with van der Waals surface area (Å²) in [5, 5.41) is 8.47. The Morgan fingerprint density at radius 1 is 1.13 bits per heavy atom. The Morgan fingerprint density at radius 3 is 3.00 bits per heavy atom. The van der Waals surface area contributed by atoms with Gasteiger partial charge in [0.25, 0.3) is 0 Å². The van der Waals surface area contributed by atoms with Crippen molar-refractivity contribution in [2.24, 2.45) is 0 Å². The zero-order chi connectivity index (χ0) is 20.8. The van der Waals surface area contributed by atoms with Crippen LogP contribution in [0.4, 0.5) is 10.2 Å². The molecule has 6 nitrogen and oxygen atoms in total. The van der Waals surface area contributed by atoms with Crippen LogP contribution in [0.3, 0.4) is 0 Å². The van der Waals surface area contributed by atoms with E-state index in [1.54, 1.807) is 6.20 Å². The van der Waals surface area contributed by atoms with Gasteiger partial charge in [-0.15, -0.1) is 0 Å². The molecule has 2 unspecified atom stereocenters. The number of aromatic nitrogens is 4. The lowest BCUT2D eigenvalue weighted by Crippen LogP contribution is -2.33. The summed E-state index contributed by atoms with van der Waals surface area (Å²) in [5.41, 5.74) is 5.27. The average Bonchev–Trinajstić information content (AvgIpc) is 3.38. The van der Waals surface area contributed by atoms with Crippen LogP contribution in [0.25, 0.3) is 22.3 Å². The number of rotatable bonds is 5. The van der Waals surface area contributed by atoms with Crippen LogP contribution in [0.1, 0.15) is 35.7 Å². The van der Waals surface area contributed by atoms with Crippen LogP contribution in [0, 0.1) is 5.82 Å². The summed E-state index contributed by atoms with van der Waals surface area (Å²) in [4.78, 5) is 17.0. The van der Waals surface area contributed by atoms with Crippen LogP contribution in [0.15, 0.2) is 48.9 Å². The second-order valence-corrected chi connectivity index (χ2v) is 8.39. The van der Waals surface area contributed by atoms with Gasteiger partial charge in [-0.2, -0.15) is 0 Å². The van der Waals surface area contributed by atoms with E-state index in [0.29, 0.717) is 17.4 Å². The van der Waals surface area contributed by atoms with Crippen LogP contribution in [0.5, 0.6) is 0 Å². The van der Waals surface area contributed by atoms with E-state index in [-0.39, 0.29) is 11.9 Å². The predicted octanol–water partition coefficient (Wildman–Crippen LogP) is 4.16. The summed E-state index contributed by atoms with van der Waals surface area (Å²) in [7, 11) is 0. The van der Waals surface area contributed by atoms with Crippen LogP contribution >= 0.6 is 0 Å². The number of nitrogens with one attached hydrogen (secondary N) is 3. The first-order chi connectivity index (χ1) is 15.2. The van der Waals surface area contributed by atoms with Crippen molar-refractivity contribution in [1.29, 1.82) is 0 Å². The van der Waals surface area contributed by atoms with Crippen molar-refractivity contribution in [1.82, 2.24) is 25.3 Å². The van der Waals surface area contributed by atoms with Crippen molar-refractivity contribution in [3.8, 4) is 11.4 Å². The Balaban J connectivity index is 1.32. The van der Waals surface area contributed by atoms with Crippen LogP contribution in [0.2, 0.25) is 0 Å². The molecule has 0 spiro atoms. The van der Waals surface area contributed by atoms with E-state index in [2.05, 4.69) is 45.0 Å². The van der Waals surface area contributed by atoms with Crippen molar-refractivity contribution in [3.63, 3.8) is 0 Å². The maximum Gasteiger partial charge on any atom is 0.163 e. The lowest BCUT2D eigenvalue weighted by atomic mass is 10.00. The van der Waals surface area contributed by atoms with Gasteiger partial charge in [0, 0.05) is 47.0 Å². The van der Waals surface area contributed by atoms with E-state index in [1.165, 1.54) is 28.8 Å². The van der Waals surface area contributed by atoms with Gasteiger partial charge in [0.05, 0.1) is 17.9 Å². The molecular weight excluding hydrogens is 391 g/mol. The number of halogens is 1. The molecule has 2 aliphatic heterocycles. The van der Waals surface area contributed by atoms with Crippen molar-refractivity contribution in [3.05, 3.63) is 71.6 Å². The van der Waals surface area contributed by atoms with Gasteiger partial charge in [0.15, 0.2) is 5.82 Å². The number of fused-ring (bicyclic) bond motifs is 5. The highest BCUT2D eigenvalue weighted by Gasteiger charge is 2.35. The molecule has 1 saturated heterocycles. The van der Waals surface area contributed by atoms with Gasteiger partial charge in [-0.25, -0.2) is 14.4 Å².